The fraction of sp³-hybridized carbons (Fsp3) is 0.533. The van der Waals surface area contributed by atoms with Crippen molar-refractivity contribution in [1.29, 1.82) is 0 Å². The second-order valence-corrected chi connectivity index (χ2v) is 10.6. The van der Waals surface area contributed by atoms with E-state index in [0.29, 0.717) is 43.9 Å². The maximum absolute atomic E-state index is 13.9. The summed E-state index contributed by atoms with van der Waals surface area (Å²) in [5.74, 6) is -2.14. The summed E-state index contributed by atoms with van der Waals surface area (Å²) in [5.41, 5.74) is 0.939. The average molecular weight is 560 g/mol. The van der Waals surface area contributed by atoms with Crippen molar-refractivity contribution in [3.63, 3.8) is 0 Å². The standard InChI is InChI=1S/C30H39F2N3O5/c1-3-10-40-25-16-26(33-17-25)28(36)27(13-19-11-22(31)15-23(32)12-19)34-29(37)20-6-4-7-21(14-20)30(38)35-9-5-8-24(35)18-39-2/h4,6-7,11-12,14-15,24-28,33,36H,3,5,8-10,13,16-18H2,1-2H3,(H,34,37)/t24-,25-,26-,27+,28-/m1/s1. The first kappa shape index (κ1) is 30.0. The van der Waals surface area contributed by atoms with E-state index in [2.05, 4.69) is 10.6 Å². The van der Waals surface area contributed by atoms with Crippen LogP contribution in [0.2, 0.25) is 0 Å². The Kier molecular flexibility index (Phi) is 10.6. The van der Waals surface area contributed by atoms with Crippen LogP contribution < -0.4 is 10.6 Å². The smallest absolute Gasteiger partial charge is 0.254 e. The van der Waals surface area contributed by atoms with Gasteiger partial charge in [0.2, 0.25) is 0 Å². The number of halogens is 2. The van der Waals surface area contributed by atoms with E-state index in [1.165, 1.54) is 18.2 Å². The molecule has 0 radical (unpaired) electrons. The topological polar surface area (TPSA) is 100 Å². The summed E-state index contributed by atoms with van der Waals surface area (Å²) >= 11 is 0. The van der Waals surface area contributed by atoms with Gasteiger partial charge in [0, 0.05) is 50.0 Å². The molecule has 0 spiro atoms. The van der Waals surface area contributed by atoms with E-state index in [9.17, 15) is 23.5 Å². The quantitative estimate of drug-likeness (QED) is 0.370. The van der Waals surface area contributed by atoms with Crippen molar-refractivity contribution in [2.75, 3.05) is 33.4 Å². The molecule has 2 heterocycles. The molecule has 3 N–H and O–H groups in total. The normalized spacial score (nSPS) is 22.3. The molecular weight excluding hydrogens is 520 g/mol. The van der Waals surface area contributed by atoms with Gasteiger partial charge in [-0.1, -0.05) is 13.0 Å². The van der Waals surface area contributed by atoms with E-state index in [1.807, 2.05) is 6.92 Å². The van der Waals surface area contributed by atoms with Crippen LogP contribution in [0.1, 0.15) is 58.9 Å². The Bertz CT molecular complexity index is 1150. The Morgan fingerprint density at radius 3 is 2.65 bits per heavy atom. The number of amides is 2. The Hall–Kier alpha value is -2.92. The summed E-state index contributed by atoms with van der Waals surface area (Å²) < 4.78 is 38.9. The molecule has 8 nitrogen and oxygen atoms in total. The molecule has 40 heavy (non-hydrogen) atoms. The second kappa shape index (κ2) is 14.1. The van der Waals surface area contributed by atoms with Crippen molar-refractivity contribution in [2.24, 2.45) is 0 Å². The highest BCUT2D eigenvalue weighted by Gasteiger charge is 2.36. The lowest BCUT2D eigenvalue weighted by atomic mass is 9.94. The van der Waals surface area contributed by atoms with E-state index in [4.69, 9.17) is 9.47 Å². The van der Waals surface area contributed by atoms with Crippen LogP contribution in [0.4, 0.5) is 8.78 Å². The number of methoxy groups -OCH3 is 1. The number of aliphatic hydroxyl groups excluding tert-OH is 1. The number of rotatable bonds is 12. The van der Waals surface area contributed by atoms with Gasteiger partial charge in [0.15, 0.2) is 0 Å². The van der Waals surface area contributed by atoms with Crippen molar-refractivity contribution in [3.05, 3.63) is 70.8 Å². The highest BCUT2D eigenvalue weighted by molar-refractivity contribution is 6.00. The molecule has 218 valence electrons. The largest absolute Gasteiger partial charge is 0.389 e. The monoisotopic (exact) mass is 559 g/mol. The fourth-order valence-electron chi connectivity index (χ4n) is 5.60. The zero-order valence-electron chi connectivity index (χ0n) is 23.1. The summed E-state index contributed by atoms with van der Waals surface area (Å²) in [4.78, 5) is 28.4. The van der Waals surface area contributed by atoms with Crippen LogP contribution in [0.15, 0.2) is 42.5 Å². The summed E-state index contributed by atoms with van der Waals surface area (Å²) in [6.45, 7) is 4.26. The predicted octanol–water partition coefficient (Wildman–Crippen LogP) is 3.07. The minimum absolute atomic E-state index is 0.00530. The number of carbonyl (C=O) groups is 2. The highest BCUT2D eigenvalue weighted by atomic mass is 19.1. The van der Waals surface area contributed by atoms with Crippen LogP contribution in [-0.4, -0.2) is 85.6 Å². The molecule has 0 aromatic heterocycles. The van der Waals surface area contributed by atoms with Crippen LogP contribution in [0.3, 0.4) is 0 Å². The number of likely N-dealkylation sites (tertiary alicyclic amines) is 1. The molecule has 2 fully saturated rings. The number of ether oxygens (including phenoxy) is 2. The lowest BCUT2D eigenvalue weighted by Crippen LogP contribution is -2.52. The van der Waals surface area contributed by atoms with Crippen molar-refractivity contribution in [1.82, 2.24) is 15.5 Å². The van der Waals surface area contributed by atoms with Gasteiger partial charge in [-0.05, 0) is 68.0 Å². The lowest BCUT2D eigenvalue weighted by molar-refractivity contribution is 0.0514. The van der Waals surface area contributed by atoms with Crippen LogP contribution in [0.25, 0.3) is 0 Å². The Morgan fingerprint density at radius 1 is 1.18 bits per heavy atom. The molecule has 2 aliphatic rings. The number of aliphatic hydroxyl groups is 1. The third-order valence-electron chi connectivity index (χ3n) is 7.57. The molecule has 0 bridgehead atoms. The van der Waals surface area contributed by atoms with Gasteiger partial charge in [0.05, 0.1) is 30.9 Å². The zero-order valence-corrected chi connectivity index (χ0v) is 23.1. The third kappa shape index (κ3) is 7.63. The van der Waals surface area contributed by atoms with Gasteiger partial charge in [-0.2, -0.15) is 0 Å². The van der Waals surface area contributed by atoms with Crippen molar-refractivity contribution < 1.29 is 33.0 Å². The number of benzene rings is 2. The van der Waals surface area contributed by atoms with Crippen molar-refractivity contribution >= 4 is 11.8 Å². The number of hydrogen-bond donors (Lipinski definition) is 3. The lowest BCUT2D eigenvalue weighted by Gasteiger charge is -2.29. The van der Waals surface area contributed by atoms with Gasteiger partial charge in [-0.25, -0.2) is 8.78 Å². The summed E-state index contributed by atoms with van der Waals surface area (Å²) in [6, 6.07) is 8.35. The molecule has 2 saturated heterocycles. The van der Waals surface area contributed by atoms with Crippen LogP contribution in [-0.2, 0) is 15.9 Å². The molecule has 0 saturated carbocycles. The Morgan fingerprint density at radius 2 is 1.93 bits per heavy atom. The van der Waals surface area contributed by atoms with Crippen LogP contribution in [0.5, 0.6) is 0 Å². The number of hydrogen-bond acceptors (Lipinski definition) is 6. The molecule has 10 heteroatoms. The van der Waals surface area contributed by atoms with E-state index in [0.717, 1.165) is 25.3 Å². The van der Waals surface area contributed by atoms with Crippen molar-refractivity contribution in [2.45, 2.75) is 69.4 Å². The van der Waals surface area contributed by atoms with Gasteiger partial charge < -0.3 is 30.1 Å². The van der Waals surface area contributed by atoms with Crippen LogP contribution >= 0.6 is 0 Å². The molecule has 0 aliphatic carbocycles. The summed E-state index contributed by atoms with van der Waals surface area (Å²) in [7, 11) is 1.61. The maximum atomic E-state index is 13.9. The average Bonchev–Trinajstić information content (AvgIpc) is 3.60. The molecule has 5 atom stereocenters. The van der Waals surface area contributed by atoms with E-state index >= 15 is 0 Å². The predicted molar refractivity (Wildman–Crippen MR) is 146 cm³/mol. The van der Waals surface area contributed by atoms with Crippen molar-refractivity contribution in [3.8, 4) is 0 Å². The van der Waals surface area contributed by atoms with Gasteiger partial charge >= 0.3 is 0 Å². The van der Waals surface area contributed by atoms with Crippen LogP contribution in [0, 0.1) is 11.6 Å². The molecular formula is C30H39F2N3O5. The van der Waals surface area contributed by atoms with E-state index in [1.54, 1.807) is 30.2 Å². The maximum Gasteiger partial charge on any atom is 0.254 e. The first-order valence-corrected chi connectivity index (χ1v) is 14.0. The molecule has 2 amide bonds. The SMILES string of the molecule is CCCO[C@H]1CN[C@@H]([C@@H](O)[C@H](Cc2cc(F)cc(F)c2)NC(=O)c2cccc(C(=O)N3CCC[C@@H]3COC)c2)C1. The zero-order chi connectivity index (χ0) is 28.6. The first-order chi connectivity index (χ1) is 19.3. The molecule has 4 rings (SSSR count). The van der Waals surface area contributed by atoms with E-state index < -0.39 is 29.7 Å². The minimum atomic E-state index is -1.06. The second-order valence-electron chi connectivity index (χ2n) is 10.6. The van der Waals surface area contributed by atoms with Gasteiger partial charge in [-0.15, -0.1) is 0 Å². The summed E-state index contributed by atoms with van der Waals surface area (Å²) in [6.07, 6.45) is 2.03. The number of carbonyl (C=O) groups excluding carboxylic acids is 2. The van der Waals surface area contributed by atoms with Gasteiger partial charge in [0.25, 0.3) is 11.8 Å². The number of nitrogens with one attached hydrogen (secondary N) is 2. The molecule has 2 aromatic carbocycles. The van der Waals surface area contributed by atoms with Gasteiger partial charge in [-0.3, -0.25) is 9.59 Å². The first-order valence-electron chi connectivity index (χ1n) is 14.0. The Balaban J connectivity index is 1.51. The Labute approximate surface area is 234 Å². The molecule has 0 unspecified atom stereocenters. The fourth-order valence-corrected chi connectivity index (χ4v) is 5.60. The third-order valence-corrected chi connectivity index (χ3v) is 7.57. The molecule has 2 aliphatic heterocycles. The van der Waals surface area contributed by atoms with E-state index in [-0.39, 0.29) is 36.1 Å². The highest BCUT2D eigenvalue weighted by Crippen LogP contribution is 2.22. The number of nitrogens with zero attached hydrogens (tertiary/aromatic N) is 1. The minimum Gasteiger partial charge on any atom is -0.389 e. The van der Waals surface area contributed by atoms with Gasteiger partial charge in [0.1, 0.15) is 11.6 Å². The molecule has 2 aromatic rings. The summed E-state index contributed by atoms with van der Waals surface area (Å²) in [5, 5.41) is 17.4.